The van der Waals surface area contributed by atoms with Gasteiger partial charge < -0.3 is 9.47 Å². The van der Waals surface area contributed by atoms with Crippen LogP contribution < -0.4 is 0 Å². The van der Waals surface area contributed by atoms with E-state index in [9.17, 15) is 9.59 Å². The van der Waals surface area contributed by atoms with Crippen LogP contribution in [0.5, 0.6) is 0 Å². The van der Waals surface area contributed by atoms with Gasteiger partial charge in [0.2, 0.25) is 0 Å². The number of hydrogen-bond donors (Lipinski definition) is 0. The monoisotopic (exact) mass is 270 g/mol. The van der Waals surface area contributed by atoms with Crippen molar-refractivity contribution in [3.05, 3.63) is 0 Å². The number of ether oxygens (including phenoxy) is 2. The van der Waals surface area contributed by atoms with Crippen LogP contribution in [0.2, 0.25) is 0 Å². The number of carbonyl (C=O) groups excluding carboxylic acids is 2. The lowest BCUT2D eigenvalue weighted by atomic mass is 9.82. The Bertz CT molecular complexity index is 280. The van der Waals surface area contributed by atoms with E-state index in [1.54, 1.807) is 0 Å². The summed E-state index contributed by atoms with van der Waals surface area (Å²) >= 11 is 0. The van der Waals surface area contributed by atoms with Gasteiger partial charge in [0.1, 0.15) is 0 Å². The van der Waals surface area contributed by atoms with E-state index in [1.807, 2.05) is 6.92 Å². The Labute approximate surface area is 115 Å². The maximum Gasteiger partial charge on any atom is 0.308 e. The first-order valence-electron chi connectivity index (χ1n) is 7.52. The van der Waals surface area contributed by atoms with Crippen molar-refractivity contribution in [2.75, 3.05) is 13.2 Å². The molecule has 1 fully saturated rings. The van der Waals surface area contributed by atoms with Crippen molar-refractivity contribution in [2.45, 2.75) is 58.8 Å². The van der Waals surface area contributed by atoms with Gasteiger partial charge in [-0.05, 0) is 39.0 Å². The second-order valence-electron chi connectivity index (χ2n) is 5.18. The van der Waals surface area contributed by atoms with Crippen molar-refractivity contribution < 1.29 is 19.1 Å². The molecular formula is C15H26O4. The van der Waals surface area contributed by atoms with Crippen LogP contribution in [-0.4, -0.2) is 25.2 Å². The standard InChI is InChI=1S/C15H26O4/c1-3-5-6-11-19-15(17)13-9-7-12(8-10-13)14(16)18-4-2/h12-13H,3-11H2,1-2H3. The first kappa shape index (κ1) is 16.0. The number of unbranched alkanes of at least 4 members (excludes halogenated alkanes) is 2. The van der Waals surface area contributed by atoms with Crippen LogP contribution in [0, 0.1) is 11.8 Å². The van der Waals surface area contributed by atoms with Gasteiger partial charge in [0.25, 0.3) is 0 Å². The molecule has 0 aromatic carbocycles. The van der Waals surface area contributed by atoms with E-state index in [0.717, 1.165) is 44.9 Å². The highest BCUT2D eigenvalue weighted by Gasteiger charge is 2.31. The van der Waals surface area contributed by atoms with E-state index in [4.69, 9.17) is 9.47 Å². The molecule has 0 heterocycles. The Morgan fingerprint density at radius 3 is 1.89 bits per heavy atom. The third-order valence-corrected chi connectivity index (χ3v) is 3.67. The van der Waals surface area contributed by atoms with Gasteiger partial charge in [-0.25, -0.2) is 0 Å². The van der Waals surface area contributed by atoms with Crippen molar-refractivity contribution in [2.24, 2.45) is 11.8 Å². The van der Waals surface area contributed by atoms with E-state index in [-0.39, 0.29) is 23.8 Å². The van der Waals surface area contributed by atoms with Gasteiger partial charge in [-0.2, -0.15) is 0 Å². The summed E-state index contributed by atoms with van der Waals surface area (Å²) < 4.78 is 10.3. The molecule has 0 aromatic heterocycles. The Morgan fingerprint density at radius 1 is 0.895 bits per heavy atom. The molecule has 0 aliphatic heterocycles. The zero-order chi connectivity index (χ0) is 14.1. The highest BCUT2D eigenvalue weighted by molar-refractivity contribution is 5.75. The smallest absolute Gasteiger partial charge is 0.308 e. The first-order chi connectivity index (χ1) is 9.19. The average molecular weight is 270 g/mol. The van der Waals surface area contributed by atoms with Gasteiger partial charge in [0.05, 0.1) is 25.0 Å². The van der Waals surface area contributed by atoms with E-state index >= 15 is 0 Å². The van der Waals surface area contributed by atoms with Crippen LogP contribution in [0.15, 0.2) is 0 Å². The molecule has 1 rings (SSSR count). The third kappa shape index (κ3) is 5.62. The Hall–Kier alpha value is -1.06. The first-order valence-corrected chi connectivity index (χ1v) is 7.52. The van der Waals surface area contributed by atoms with E-state index < -0.39 is 0 Å². The molecule has 1 aliphatic rings. The van der Waals surface area contributed by atoms with Crippen molar-refractivity contribution in [1.29, 1.82) is 0 Å². The Kier molecular flexibility index (Phi) is 7.53. The molecule has 0 bridgehead atoms. The summed E-state index contributed by atoms with van der Waals surface area (Å²) in [6, 6.07) is 0. The van der Waals surface area contributed by atoms with Gasteiger partial charge in [-0.3, -0.25) is 9.59 Å². The van der Waals surface area contributed by atoms with Gasteiger partial charge >= 0.3 is 11.9 Å². The fourth-order valence-corrected chi connectivity index (χ4v) is 2.47. The summed E-state index contributed by atoms with van der Waals surface area (Å²) in [6.45, 7) is 4.90. The predicted octanol–water partition coefficient (Wildman–Crippen LogP) is 3.09. The molecule has 0 aromatic rings. The molecule has 1 aliphatic carbocycles. The molecule has 110 valence electrons. The highest BCUT2D eigenvalue weighted by atomic mass is 16.5. The molecule has 0 spiro atoms. The minimum absolute atomic E-state index is 0.0210. The van der Waals surface area contributed by atoms with Crippen LogP contribution in [0.25, 0.3) is 0 Å². The molecule has 4 nitrogen and oxygen atoms in total. The maximum absolute atomic E-state index is 11.8. The number of esters is 2. The predicted molar refractivity (Wildman–Crippen MR) is 72.6 cm³/mol. The van der Waals surface area contributed by atoms with Crippen molar-refractivity contribution in [3.63, 3.8) is 0 Å². The molecule has 0 unspecified atom stereocenters. The summed E-state index contributed by atoms with van der Waals surface area (Å²) in [6.07, 6.45) is 6.15. The Morgan fingerprint density at radius 2 is 1.42 bits per heavy atom. The maximum atomic E-state index is 11.8. The van der Waals surface area contributed by atoms with Crippen LogP contribution in [0.3, 0.4) is 0 Å². The third-order valence-electron chi connectivity index (χ3n) is 3.67. The summed E-state index contributed by atoms with van der Waals surface area (Å²) in [5.74, 6) is -0.243. The summed E-state index contributed by atoms with van der Waals surface area (Å²) in [4.78, 5) is 23.4. The van der Waals surface area contributed by atoms with Gasteiger partial charge in [-0.15, -0.1) is 0 Å². The second kappa shape index (κ2) is 8.94. The molecule has 0 N–H and O–H groups in total. The fraction of sp³-hybridized carbons (Fsp3) is 0.867. The lowest BCUT2D eigenvalue weighted by Gasteiger charge is -2.25. The second-order valence-corrected chi connectivity index (χ2v) is 5.18. The number of hydrogen-bond acceptors (Lipinski definition) is 4. The van der Waals surface area contributed by atoms with Crippen LogP contribution in [0.4, 0.5) is 0 Å². The van der Waals surface area contributed by atoms with Crippen LogP contribution in [0.1, 0.15) is 58.8 Å². The summed E-state index contributed by atoms with van der Waals surface area (Å²) in [5.41, 5.74) is 0. The van der Waals surface area contributed by atoms with E-state index in [1.165, 1.54) is 0 Å². The van der Waals surface area contributed by atoms with Crippen molar-refractivity contribution in [3.8, 4) is 0 Å². The normalized spacial score (nSPS) is 22.8. The van der Waals surface area contributed by atoms with Gasteiger partial charge in [0.15, 0.2) is 0 Å². The zero-order valence-electron chi connectivity index (χ0n) is 12.2. The SMILES string of the molecule is CCCCCOC(=O)C1CCC(C(=O)OCC)CC1. The minimum Gasteiger partial charge on any atom is -0.466 e. The largest absolute Gasteiger partial charge is 0.466 e. The quantitative estimate of drug-likeness (QED) is 0.527. The number of carbonyl (C=O) groups is 2. The molecule has 0 amide bonds. The van der Waals surface area contributed by atoms with Gasteiger partial charge in [0, 0.05) is 0 Å². The molecule has 1 saturated carbocycles. The van der Waals surface area contributed by atoms with Crippen molar-refractivity contribution >= 4 is 11.9 Å². The lowest BCUT2D eigenvalue weighted by molar-refractivity contribution is -0.155. The molecule has 0 atom stereocenters. The zero-order valence-corrected chi connectivity index (χ0v) is 12.2. The van der Waals surface area contributed by atoms with E-state index in [0.29, 0.717) is 13.2 Å². The molecular weight excluding hydrogens is 244 g/mol. The Balaban J connectivity index is 2.21. The topological polar surface area (TPSA) is 52.6 Å². The fourth-order valence-electron chi connectivity index (χ4n) is 2.47. The molecule has 0 radical (unpaired) electrons. The summed E-state index contributed by atoms with van der Waals surface area (Å²) in [7, 11) is 0. The number of rotatable bonds is 7. The molecule has 0 saturated heterocycles. The minimum atomic E-state index is -0.114. The van der Waals surface area contributed by atoms with Crippen molar-refractivity contribution in [1.82, 2.24) is 0 Å². The van der Waals surface area contributed by atoms with Gasteiger partial charge in [-0.1, -0.05) is 19.8 Å². The van der Waals surface area contributed by atoms with E-state index in [2.05, 4.69) is 6.92 Å². The average Bonchev–Trinajstić information content (AvgIpc) is 2.44. The highest BCUT2D eigenvalue weighted by Crippen LogP contribution is 2.30. The van der Waals surface area contributed by atoms with Crippen LogP contribution >= 0.6 is 0 Å². The molecule has 19 heavy (non-hydrogen) atoms. The summed E-state index contributed by atoms with van der Waals surface area (Å²) in [5, 5.41) is 0. The van der Waals surface area contributed by atoms with Crippen LogP contribution in [-0.2, 0) is 19.1 Å². The lowest BCUT2D eigenvalue weighted by Crippen LogP contribution is -2.28. The molecule has 4 heteroatoms.